The van der Waals surface area contributed by atoms with Crippen LogP contribution in [0.4, 0.5) is 0 Å². The quantitative estimate of drug-likeness (QED) is 0.564. The number of benzene rings is 2. The van der Waals surface area contributed by atoms with Gasteiger partial charge in [0.2, 0.25) is 0 Å². The molecule has 134 valence electrons. The Kier molecular flexibility index (Phi) is 8.19. The van der Waals surface area contributed by atoms with Crippen molar-refractivity contribution in [2.24, 2.45) is 4.99 Å². The first-order chi connectivity index (χ1) is 12.2. The first-order valence-electron chi connectivity index (χ1n) is 8.64. The second-order valence-corrected chi connectivity index (χ2v) is 7.46. The number of hydrogen-bond acceptors (Lipinski definition) is 2. The summed E-state index contributed by atoms with van der Waals surface area (Å²) >= 11 is 0. The molecule has 0 spiro atoms. The molecule has 0 aliphatic heterocycles. The summed E-state index contributed by atoms with van der Waals surface area (Å²) in [6, 6.07) is 18.3. The van der Waals surface area contributed by atoms with E-state index in [9.17, 15) is 4.21 Å². The van der Waals surface area contributed by atoms with E-state index >= 15 is 0 Å². The van der Waals surface area contributed by atoms with Gasteiger partial charge in [-0.25, -0.2) is 4.99 Å². The van der Waals surface area contributed by atoms with Gasteiger partial charge in [0, 0.05) is 35.4 Å². The highest BCUT2D eigenvalue weighted by molar-refractivity contribution is 7.84. The molecular weight excluding hydrogens is 330 g/mol. The molecule has 0 fully saturated rings. The Balaban J connectivity index is 1.79. The molecule has 25 heavy (non-hydrogen) atoms. The van der Waals surface area contributed by atoms with Crippen LogP contribution in [0.3, 0.4) is 0 Å². The van der Waals surface area contributed by atoms with Gasteiger partial charge in [-0.1, -0.05) is 60.2 Å². The predicted octanol–water partition coefficient (Wildman–Crippen LogP) is 3.00. The average Bonchev–Trinajstić information content (AvgIpc) is 2.62. The van der Waals surface area contributed by atoms with Gasteiger partial charge in [0.15, 0.2) is 5.96 Å². The summed E-state index contributed by atoms with van der Waals surface area (Å²) in [5, 5.41) is 6.49. The highest BCUT2D eigenvalue weighted by atomic mass is 32.2. The maximum atomic E-state index is 12.2. The monoisotopic (exact) mass is 357 g/mol. The molecule has 4 nitrogen and oxygen atoms in total. The number of nitrogens with zero attached hydrogens (tertiary/aromatic N) is 1. The topological polar surface area (TPSA) is 53.5 Å². The molecule has 0 heterocycles. The summed E-state index contributed by atoms with van der Waals surface area (Å²) < 4.78 is 12.2. The highest BCUT2D eigenvalue weighted by Gasteiger charge is 2.03. The third-order valence-electron chi connectivity index (χ3n) is 3.68. The van der Waals surface area contributed by atoms with Crippen LogP contribution in [0.25, 0.3) is 0 Å². The van der Waals surface area contributed by atoms with E-state index in [2.05, 4.69) is 46.8 Å². The fourth-order valence-electron chi connectivity index (χ4n) is 2.32. The second-order valence-electron chi connectivity index (χ2n) is 5.88. The molecule has 5 heteroatoms. The van der Waals surface area contributed by atoms with Gasteiger partial charge < -0.3 is 10.6 Å². The van der Waals surface area contributed by atoms with E-state index in [4.69, 9.17) is 0 Å². The summed E-state index contributed by atoms with van der Waals surface area (Å²) in [5.41, 5.74) is 3.54. The molecule has 1 atom stereocenters. The third-order valence-corrected chi connectivity index (χ3v) is 4.99. The lowest BCUT2D eigenvalue weighted by molar-refractivity contribution is 0.680. The summed E-state index contributed by atoms with van der Waals surface area (Å²) in [4.78, 5) is 4.59. The molecule has 0 bridgehead atoms. The smallest absolute Gasteiger partial charge is 0.191 e. The van der Waals surface area contributed by atoms with Crippen LogP contribution in [0.1, 0.15) is 23.6 Å². The number of rotatable bonds is 8. The Morgan fingerprint density at radius 2 is 1.72 bits per heavy atom. The second kappa shape index (κ2) is 10.7. The van der Waals surface area contributed by atoms with E-state index in [0.29, 0.717) is 24.6 Å². The van der Waals surface area contributed by atoms with Crippen molar-refractivity contribution < 1.29 is 4.21 Å². The van der Waals surface area contributed by atoms with Crippen LogP contribution in [-0.4, -0.2) is 29.0 Å². The molecule has 0 amide bonds. The van der Waals surface area contributed by atoms with Crippen LogP contribution in [0.15, 0.2) is 59.6 Å². The van der Waals surface area contributed by atoms with Crippen LogP contribution >= 0.6 is 0 Å². The molecule has 0 aromatic heterocycles. The van der Waals surface area contributed by atoms with Crippen LogP contribution < -0.4 is 10.6 Å². The molecule has 0 aliphatic carbocycles. The van der Waals surface area contributed by atoms with Crippen LogP contribution in [-0.2, 0) is 23.1 Å². The number of aliphatic imine (C=N–C) groups is 1. The zero-order valence-corrected chi connectivity index (χ0v) is 15.8. The fourth-order valence-corrected chi connectivity index (χ4v) is 3.36. The molecule has 2 N–H and O–H groups in total. The van der Waals surface area contributed by atoms with Gasteiger partial charge in [-0.3, -0.25) is 4.21 Å². The Labute approximate surface area is 153 Å². The van der Waals surface area contributed by atoms with Crippen LogP contribution in [0.2, 0.25) is 0 Å². The van der Waals surface area contributed by atoms with Gasteiger partial charge in [0.1, 0.15) is 0 Å². The van der Waals surface area contributed by atoms with Gasteiger partial charge in [-0.15, -0.1) is 0 Å². The van der Waals surface area contributed by atoms with Crippen molar-refractivity contribution in [3.05, 3.63) is 71.3 Å². The Bertz CT molecular complexity index is 684. The van der Waals surface area contributed by atoms with Crippen molar-refractivity contribution in [1.82, 2.24) is 10.6 Å². The minimum absolute atomic E-state index is 0.597. The van der Waals surface area contributed by atoms with E-state index in [0.717, 1.165) is 18.1 Å². The number of hydrogen-bond donors (Lipinski definition) is 2. The zero-order valence-electron chi connectivity index (χ0n) is 15.0. The van der Waals surface area contributed by atoms with Crippen molar-refractivity contribution in [1.29, 1.82) is 0 Å². The van der Waals surface area contributed by atoms with Crippen molar-refractivity contribution in [2.45, 2.75) is 26.1 Å². The minimum Gasteiger partial charge on any atom is -0.357 e. The minimum atomic E-state index is -0.879. The van der Waals surface area contributed by atoms with Crippen molar-refractivity contribution >= 4 is 16.8 Å². The van der Waals surface area contributed by atoms with Crippen molar-refractivity contribution in [3.63, 3.8) is 0 Å². The molecule has 2 aromatic rings. The largest absolute Gasteiger partial charge is 0.357 e. The van der Waals surface area contributed by atoms with Gasteiger partial charge in [-0.2, -0.15) is 0 Å². The average molecular weight is 358 g/mol. The van der Waals surface area contributed by atoms with E-state index < -0.39 is 10.8 Å². The number of aryl methyl sites for hydroxylation is 1. The van der Waals surface area contributed by atoms with Crippen LogP contribution in [0.5, 0.6) is 0 Å². The first-order valence-corrected chi connectivity index (χ1v) is 10.1. The summed E-state index contributed by atoms with van der Waals surface area (Å²) in [6.07, 6.45) is 0. The maximum absolute atomic E-state index is 12.2. The van der Waals surface area contributed by atoms with Gasteiger partial charge in [0.25, 0.3) is 0 Å². The normalized spacial score (nSPS) is 12.6. The Morgan fingerprint density at radius 3 is 2.40 bits per heavy atom. The number of guanidine groups is 1. The summed E-state index contributed by atoms with van der Waals surface area (Å²) in [5.74, 6) is 1.96. The first kappa shape index (κ1) is 19.2. The lowest BCUT2D eigenvalue weighted by Crippen LogP contribution is -2.39. The molecular formula is C20H27N3OS. The summed E-state index contributed by atoms with van der Waals surface area (Å²) in [6.45, 7) is 6.18. The fraction of sp³-hybridized carbons (Fsp3) is 0.350. The Hall–Kier alpha value is -2.14. The van der Waals surface area contributed by atoms with E-state index in [-0.39, 0.29) is 0 Å². The standard InChI is InChI=1S/C20H27N3OS/c1-3-21-20(23-15-18-11-9-17(2)10-12-18)22-13-14-25(24)16-19-7-5-4-6-8-19/h4-12H,3,13-16H2,1-2H3,(H2,21,22,23). The Morgan fingerprint density at radius 1 is 1.00 bits per heavy atom. The highest BCUT2D eigenvalue weighted by Crippen LogP contribution is 2.04. The molecule has 0 saturated heterocycles. The van der Waals surface area contributed by atoms with E-state index in [1.54, 1.807) is 0 Å². The molecule has 1 unspecified atom stereocenters. The number of nitrogens with one attached hydrogen (secondary N) is 2. The van der Waals surface area contributed by atoms with E-state index in [1.165, 1.54) is 11.1 Å². The van der Waals surface area contributed by atoms with Crippen molar-refractivity contribution in [3.8, 4) is 0 Å². The van der Waals surface area contributed by atoms with E-state index in [1.807, 2.05) is 37.3 Å². The molecule has 0 saturated carbocycles. The predicted molar refractivity (Wildman–Crippen MR) is 107 cm³/mol. The lowest BCUT2D eigenvalue weighted by Gasteiger charge is -2.11. The van der Waals surface area contributed by atoms with Crippen LogP contribution in [0, 0.1) is 6.92 Å². The van der Waals surface area contributed by atoms with Crippen molar-refractivity contribution in [2.75, 3.05) is 18.8 Å². The molecule has 2 rings (SSSR count). The molecule has 2 aromatic carbocycles. The van der Waals surface area contributed by atoms with Gasteiger partial charge in [0.05, 0.1) is 6.54 Å². The zero-order chi connectivity index (χ0) is 17.9. The lowest BCUT2D eigenvalue weighted by atomic mass is 10.1. The third kappa shape index (κ3) is 7.52. The molecule has 0 radical (unpaired) electrons. The summed E-state index contributed by atoms with van der Waals surface area (Å²) in [7, 11) is -0.879. The van der Waals surface area contributed by atoms with Gasteiger partial charge >= 0.3 is 0 Å². The van der Waals surface area contributed by atoms with Gasteiger partial charge in [-0.05, 0) is 25.0 Å². The molecule has 0 aliphatic rings. The SMILES string of the molecule is CCNC(=NCc1ccc(C)cc1)NCCS(=O)Cc1ccccc1. The maximum Gasteiger partial charge on any atom is 0.191 e.